The molecule has 0 radical (unpaired) electrons. The molecule has 23 heavy (non-hydrogen) atoms. The molecule has 0 aliphatic carbocycles. The topological polar surface area (TPSA) is 77.3 Å². The van der Waals surface area contributed by atoms with Crippen molar-refractivity contribution in [3.63, 3.8) is 0 Å². The van der Waals surface area contributed by atoms with Gasteiger partial charge in [-0.15, -0.1) is 0 Å². The lowest BCUT2D eigenvalue weighted by Crippen LogP contribution is -2.53. The molecular formula is C15H22N4O3S. The van der Waals surface area contributed by atoms with Crippen LogP contribution >= 0.6 is 0 Å². The van der Waals surface area contributed by atoms with Crippen molar-refractivity contribution >= 4 is 21.1 Å². The number of hydrogen-bond acceptors (Lipinski definition) is 5. The number of sulfonamides is 1. The van der Waals surface area contributed by atoms with Crippen LogP contribution in [0.4, 0.5) is 0 Å². The minimum absolute atomic E-state index is 0.148. The first-order valence-electron chi connectivity index (χ1n) is 7.57. The SMILES string of the molecule is Cc1nn(C)c2ncc(S(=O)(=O)N3C[C@H](C)OC(C)(C)C3)cc12. The highest BCUT2D eigenvalue weighted by Crippen LogP contribution is 2.27. The molecule has 0 saturated carbocycles. The van der Waals surface area contributed by atoms with Gasteiger partial charge in [-0.25, -0.2) is 13.4 Å². The second-order valence-corrected chi connectivity index (χ2v) is 8.67. The minimum atomic E-state index is -3.61. The van der Waals surface area contributed by atoms with Gasteiger partial charge in [0, 0.05) is 31.7 Å². The highest BCUT2D eigenvalue weighted by Gasteiger charge is 2.38. The lowest BCUT2D eigenvalue weighted by molar-refractivity contribution is -0.109. The van der Waals surface area contributed by atoms with E-state index in [-0.39, 0.29) is 11.0 Å². The molecule has 0 bridgehead atoms. The number of nitrogens with zero attached hydrogens (tertiary/aromatic N) is 4. The first kappa shape index (κ1) is 16.4. The van der Waals surface area contributed by atoms with Crippen LogP contribution in [0.5, 0.6) is 0 Å². The van der Waals surface area contributed by atoms with Gasteiger partial charge in [-0.1, -0.05) is 0 Å². The van der Waals surface area contributed by atoms with E-state index in [0.29, 0.717) is 18.7 Å². The van der Waals surface area contributed by atoms with Crippen LogP contribution in [-0.4, -0.2) is 52.3 Å². The first-order chi connectivity index (χ1) is 10.6. The molecule has 0 spiro atoms. The summed E-state index contributed by atoms with van der Waals surface area (Å²) in [6.07, 6.45) is 1.26. The van der Waals surface area contributed by atoms with E-state index in [1.54, 1.807) is 17.8 Å². The molecule has 3 rings (SSSR count). The lowest BCUT2D eigenvalue weighted by Gasteiger charge is -2.40. The van der Waals surface area contributed by atoms with Crippen LogP contribution in [-0.2, 0) is 21.8 Å². The van der Waals surface area contributed by atoms with Crippen molar-refractivity contribution in [1.29, 1.82) is 0 Å². The Morgan fingerprint density at radius 1 is 1.39 bits per heavy atom. The Labute approximate surface area is 136 Å². The van der Waals surface area contributed by atoms with Gasteiger partial charge in [-0.05, 0) is 33.8 Å². The van der Waals surface area contributed by atoms with E-state index in [4.69, 9.17) is 4.74 Å². The molecule has 0 aromatic carbocycles. The Kier molecular flexibility index (Phi) is 3.74. The second kappa shape index (κ2) is 5.25. The van der Waals surface area contributed by atoms with Gasteiger partial charge in [0.2, 0.25) is 10.0 Å². The zero-order chi connectivity index (χ0) is 17.0. The number of aromatic nitrogens is 3. The Balaban J connectivity index is 2.04. The molecule has 8 heteroatoms. The number of pyridine rings is 1. The Hall–Kier alpha value is -1.51. The number of ether oxygens (including phenoxy) is 1. The van der Waals surface area contributed by atoms with Gasteiger partial charge >= 0.3 is 0 Å². The average Bonchev–Trinajstić information content (AvgIpc) is 2.71. The fraction of sp³-hybridized carbons (Fsp3) is 0.600. The highest BCUT2D eigenvalue weighted by atomic mass is 32.2. The van der Waals surface area contributed by atoms with Gasteiger partial charge in [0.15, 0.2) is 5.65 Å². The quantitative estimate of drug-likeness (QED) is 0.828. The predicted molar refractivity (Wildman–Crippen MR) is 86.6 cm³/mol. The van der Waals surface area contributed by atoms with Crippen LogP contribution in [0.1, 0.15) is 26.5 Å². The molecule has 2 aromatic heterocycles. The van der Waals surface area contributed by atoms with Crippen molar-refractivity contribution in [3.05, 3.63) is 18.0 Å². The molecule has 3 heterocycles. The Bertz CT molecular complexity index is 857. The van der Waals surface area contributed by atoms with Crippen molar-refractivity contribution in [2.45, 2.75) is 44.3 Å². The molecular weight excluding hydrogens is 316 g/mol. The molecule has 1 aliphatic heterocycles. The van der Waals surface area contributed by atoms with Gasteiger partial charge < -0.3 is 4.74 Å². The normalized spacial score (nSPS) is 22.6. The van der Waals surface area contributed by atoms with Crippen LogP contribution in [0.2, 0.25) is 0 Å². The number of aryl methyl sites for hydroxylation is 2. The molecule has 0 amide bonds. The fourth-order valence-electron chi connectivity index (χ4n) is 3.16. The van der Waals surface area contributed by atoms with Crippen molar-refractivity contribution < 1.29 is 13.2 Å². The summed E-state index contributed by atoms with van der Waals surface area (Å²) in [5.74, 6) is 0. The van der Waals surface area contributed by atoms with Crippen LogP contribution in [0, 0.1) is 6.92 Å². The molecule has 1 fully saturated rings. The van der Waals surface area contributed by atoms with Crippen LogP contribution < -0.4 is 0 Å². The second-order valence-electron chi connectivity index (χ2n) is 6.74. The first-order valence-corrected chi connectivity index (χ1v) is 9.01. The molecule has 1 atom stereocenters. The highest BCUT2D eigenvalue weighted by molar-refractivity contribution is 7.89. The van der Waals surface area contributed by atoms with Crippen molar-refractivity contribution in [2.24, 2.45) is 7.05 Å². The monoisotopic (exact) mass is 338 g/mol. The maximum atomic E-state index is 13.0. The van der Waals surface area contributed by atoms with E-state index >= 15 is 0 Å². The van der Waals surface area contributed by atoms with Crippen LogP contribution in [0.25, 0.3) is 11.0 Å². The van der Waals surface area contributed by atoms with Crippen molar-refractivity contribution in [3.8, 4) is 0 Å². The summed E-state index contributed by atoms with van der Waals surface area (Å²) in [4.78, 5) is 4.48. The van der Waals surface area contributed by atoms with Gasteiger partial charge in [-0.2, -0.15) is 9.40 Å². The van der Waals surface area contributed by atoms with Crippen LogP contribution in [0.15, 0.2) is 17.2 Å². The van der Waals surface area contributed by atoms with E-state index in [0.717, 1.165) is 11.1 Å². The van der Waals surface area contributed by atoms with E-state index < -0.39 is 15.6 Å². The van der Waals surface area contributed by atoms with E-state index in [2.05, 4.69) is 10.1 Å². The summed E-state index contributed by atoms with van der Waals surface area (Å²) in [7, 11) is -1.82. The fourth-order valence-corrected chi connectivity index (χ4v) is 4.80. The summed E-state index contributed by atoms with van der Waals surface area (Å²) in [6.45, 7) is 8.20. The molecule has 7 nitrogen and oxygen atoms in total. The largest absolute Gasteiger partial charge is 0.370 e. The van der Waals surface area contributed by atoms with Gasteiger partial charge in [0.1, 0.15) is 4.90 Å². The third-order valence-corrected chi connectivity index (χ3v) is 5.79. The standard InChI is InChI=1S/C15H22N4O3S/c1-10-8-19(9-15(3,4)22-10)23(20,21)12-6-13-11(2)17-18(5)14(13)16-7-12/h6-7,10H,8-9H2,1-5H3/t10-/m0/s1. The van der Waals surface area contributed by atoms with Crippen molar-refractivity contribution in [2.75, 3.05) is 13.1 Å². The zero-order valence-corrected chi connectivity index (χ0v) is 14.9. The molecule has 2 aromatic rings. The van der Waals surface area contributed by atoms with E-state index in [9.17, 15) is 8.42 Å². The minimum Gasteiger partial charge on any atom is -0.370 e. The van der Waals surface area contributed by atoms with E-state index in [1.165, 1.54) is 10.5 Å². The Morgan fingerprint density at radius 3 is 2.74 bits per heavy atom. The maximum absolute atomic E-state index is 13.0. The summed E-state index contributed by atoms with van der Waals surface area (Å²) in [5.41, 5.74) is 0.937. The number of fused-ring (bicyclic) bond motifs is 1. The molecule has 1 aliphatic rings. The molecule has 1 saturated heterocycles. The van der Waals surface area contributed by atoms with Crippen LogP contribution in [0.3, 0.4) is 0 Å². The third-order valence-electron chi connectivity index (χ3n) is 4.01. The van der Waals surface area contributed by atoms with Gasteiger partial charge in [0.05, 0.1) is 17.4 Å². The predicted octanol–water partition coefficient (Wildman–Crippen LogP) is 1.46. The van der Waals surface area contributed by atoms with E-state index in [1.807, 2.05) is 27.7 Å². The van der Waals surface area contributed by atoms with Crippen molar-refractivity contribution in [1.82, 2.24) is 19.1 Å². The Morgan fingerprint density at radius 2 is 2.09 bits per heavy atom. The van der Waals surface area contributed by atoms with Gasteiger partial charge in [0.25, 0.3) is 0 Å². The lowest BCUT2D eigenvalue weighted by atomic mass is 10.1. The molecule has 0 unspecified atom stereocenters. The summed E-state index contributed by atoms with van der Waals surface area (Å²) in [5, 5.41) is 5.05. The third kappa shape index (κ3) is 2.86. The smallest absolute Gasteiger partial charge is 0.244 e. The summed E-state index contributed by atoms with van der Waals surface area (Å²) in [6, 6.07) is 1.66. The number of rotatable bonds is 2. The number of hydrogen-bond donors (Lipinski definition) is 0. The zero-order valence-electron chi connectivity index (χ0n) is 14.1. The van der Waals surface area contributed by atoms with Gasteiger partial charge in [-0.3, -0.25) is 4.68 Å². The maximum Gasteiger partial charge on any atom is 0.244 e. The molecule has 126 valence electrons. The number of morpholine rings is 1. The summed E-state index contributed by atoms with van der Waals surface area (Å²) >= 11 is 0. The summed E-state index contributed by atoms with van der Waals surface area (Å²) < 4.78 is 34.9. The average molecular weight is 338 g/mol. The molecule has 0 N–H and O–H groups in total.